The molecule has 0 aliphatic carbocycles. The number of benzene rings is 2. The summed E-state index contributed by atoms with van der Waals surface area (Å²) in [6.45, 7) is 2.95. The molecule has 1 atom stereocenters. The lowest BCUT2D eigenvalue weighted by Gasteiger charge is -2.13. The quantitative estimate of drug-likeness (QED) is 0.519. The molecule has 6 nitrogen and oxygen atoms in total. The SMILES string of the molecule is CC(CCNC(=O)Cn1ccc2cc([N+](=O)[O-])ccc21)c1ccccc1. The first-order valence-corrected chi connectivity index (χ1v) is 8.59. The van der Waals surface area contributed by atoms with E-state index in [-0.39, 0.29) is 18.1 Å². The lowest BCUT2D eigenvalue weighted by Crippen LogP contribution is -2.28. The molecule has 0 aliphatic rings. The van der Waals surface area contributed by atoms with Crippen LogP contribution in [0.4, 0.5) is 5.69 Å². The molecule has 3 rings (SSSR count). The van der Waals surface area contributed by atoms with Crippen LogP contribution in [0.1, 0.15) is 24.8 Å². The number of aromatic nitrogens is 1. The minimum atomic E-state index is -0.419. The van der Waals surface area contributed by atoms with Crippen molar-refractivity contribution < 1.29 is 9.72 Å². The Balaban J connectivity index is 1.55. The van der Waals surface area contributed by atoms with Crippen molar-refractivity contribution in [2.45, 2.75) is 25.8 Å². The van der Waals surface area contributed by atoms with E-state index in [1.165, 1.54) is 17.7 Å². The standard InChI is InChI=1S/C20H21N3O3/c1-15(16-5-3-2-4-6-16)9-11-21-20(24)14-22-12-10-17-13-18(23(25)26)7-8-19(17)22/h2-8,10,12-13,15H,9,11,14H2,1H3,(H,21,24). The first kappa shape index (κ1) is 17.7. The number of nitrogens with zero attached hydrogens (tertiary/aromatic N) is 2. The van der Waals surface area contributed by atoms with Gasteiger partial charge in [-0.3, -0.25) is 14.9 Å². The summed E-state index contributed by atoms with van der Waals surface area (Å²) in [5.41, 5.74) is 2.12. The summed E-state index contributed by atoms with van der Waals surface area (Å²) in [7, 11) is 0. The number of fused-ring (bicyclic) bond motifs is 1. The largest absolute Gasteiger partial charge is 0.355 e. The van der Waals surface area contributed by atoms with Gasteiger partial charge < -0.3 is 9.88 Å². The van der Waals surface area contributed by atoms with E-state index in [2.05, 4.69) is 24.4 Å². The van der Waals surface area contributed by atoms with E-state index < -0.39 is 4.92 Å². The molecule has 0 fully saturated rings. The van der Waals surface area contributed by atoms with Crippen LogP contribution in [0.15, 0.2) is 60.8 Å². The third-order valence-electron chi connectivity index (χ3n) is 4.55. The molecule has 0 saturated carbocycles. The van der Waals surface area contributed by atoms with Gasteiger partial charge in [-0.05, 0) is 30.0 Å². The molecule has 0 saturated heterocycles. The van der Waals surface area contributed by atoms with Crippen LogP contribution in [0.3, 0.4) is 0 Å². The highest BCUT2D eigenvalue weighted by Gasteiger charge is 2.11. The third-order valence-corrected chi connectivity index (χ3v) is 4.55. The number of nitrogens with one attached hydrogen (secondary N) is 1. The van der Waals surface area contributed by atoms with Crippen molar-refractivity contribution in [3.63, 3.8) is 0 Å². The fraction of sp³-hybridized carbons (Fsp3) is 0.250. The average Bonchev–Trinajstić information content (AvgIpc) is 3.04. The van der Waals surface area contributed by atoms with Crippen molar-refractivity contribution in [1.29, 1.82) is 0 Å². The van der Waals surface area contributed by atoms with Crippen molar-refractivity contribution >= 4 is 22.5 Å². The van der Waals surface area contributed by atoms with Crippen molar-refractivity contribution in [1.82, 2.24) is 9.88 Å². The van der Waals surface area contributed by atoms with E-state index in [1.807, 2.05) is 18.2 Å². The van der Waals surface area contributed by atoms with E-state index >= 15 is 0 Å². The molecule has 2 aromatic carbocycles. The van der Waals surface area contributed by atoms with E-state index in [0.29, 0.717) is 12.5 Å². The minimum Gasteiger partial charge on any atom is -0.355 e. The van der Waals surface area contributed by atoms with Crippen LogP contribution in [0, 0.1) is 10.1 Å². The maximum Gasteiger partial charge on any atom is 0.270 e. The van der Waals surface area contributed by atoms with Gasteiger partial charge in [-0.1, -0.05) is 37.3 Å². The molecule has 1 N–H and O–H groups in total. The Morgan fingerprint density at radius 2 is 1.96 bits per heavy atom. The zero-order chi connectivity index (χ0) is 18.5. The molecule has 3 aromatic rings. The van der Waals surface area contributed by atoms with Crippen LogP contribution in [-0.4, -0.2) is 21.9 Å². The lowest BCUT2D eigenvalue weighted by atomic mass is 9.98. The van der Waals surface area contributed by atoms with Crippen LogP contribution in [0.5, 0.6) is 0 Å². The highest BCUT2D eigenvalue weighted by atomic mass is 16.6. The van der Waals surface area contributed by atoms with Gasteiger partial charge >= 0.3 is 0 Å². The molecule has 0 spiro atoms. The van der Waals surface area contributed by atoms with Crippen LogP contribution in [0.25, 0.3) is 10.9 Å². The van der Waals surface area contributed by atoms with E-state index in [0.717, 1.165) is 17.3 Å². The van der Waals surface area contributed by atoms with E-state index in [9.17, 15) is 14.9 Å². The second-order valence-corrected chi connectivity index (χ2v) is 6.39. The van der Waals surface area contributed by atoms with Gasteiger partial charge in [0.15, 0.2) is 0 Å². The Hall–Kier alpha value is -3.15. The van der Waals surface area contributed by atoms with Crippen LogP contribution in [-0.2, 0) is 11.3 Å². The molecule has 1 unspecified atom stereocenters. The van der Waals surface area contributed by atoms with Crippen LogP contribution in [0.2, 0.25) is 0 Å². The maximum absolute atomic E-state index is 12.2. The predicted octanol–water partition coefficient (Wildman–Crippen LogP) is 3.86. The van der Waals surface area contributed by atoms with Crippen molar-refractivity contribution in [3.05, 3.63) is 76.5 Å². The maximum atomic E-state index is 12.2. The van der Waals surface area contributed by atoms with Gasteiger partial charge in [0.1, 0.15) is 6.54 Å². The number of hydrogen-bond acceptors (Lipinski definition) is 3. The van der Waals surface area contributed by atoms with Crippen LogP contribution >= 0.6 is 0 Å². The molecule has 0 aliphatic heterocycles. The Labute approximate surface area is 151 Å². The van der Waals surface area contributed by atoms with E-state index in [4.69, 9.17) is 0 Å². The zero-order valence-corrected chi connectivity index (χ0v) is 14.6. The van der Waals surface area contributed by atoms with Gasteiger partial charge in [-0.15, -0.1) is 0 Å². The number of carbonyl (C=O) groups excluding carboxylic acids is 1. The fourth-order valence-electron chi connectivity index (χ4n) is 3.03. The Kier molecular flexibility index (Phi) is 5.31. The highest BCUT2D eigenvalue weighted by molar-refractivity contribution is 5.85. The number of hydrogen-bond donors (Lipinski definition) is 1. The van der Waals surface area contributed by atoms with Gasteiger partial charge in [0.2, 0.25) is 5.91 Å². The summed E-state index contributed by atoms with van der Waals surface area (Å²) in [5.74, 6) is 0.311. The summed E-state index contributed by atoms with van der Waals surface area (Å²) in [4.78, 5) is 22.6. The van der Waals surface area contributed by atoms with Crippen molar-refractivity contribution in [2.24, 2.45) is 0 Å². The number of carbonyl (C=O) groups is 1. The molecule has 6 heteroatoms. The smallest absolute Gasteiger partial charge is 0.270 e. The number of nitro groups is 1. The molecule has 1 amide bonds. The number of rotatable bonds is 7. The Morgan fingerprint density at radius 3 is 2.69 bits per heavy atom. The van der Waals surface area contributed by atoms with Crippen molar-refractivity contribution in [3.8, 4) is 0 Å². The second-order valence-electron chi connectivity index (χ2n) is 6.39. The molecular formula is C20H21N3O3. The minimum absolute atomic E-state index is 0.0506. The summed E-state index contributed by atoms with van der Waals surface area (Å²) >= 11 is 0. The van der Waals surface area contributed by atoms with Gasteiger partial charge in [0, 0.05) is 35.8 Å². The van der Waals surface area contributed by atoms with Gasteiger partial charge in [0.05, 0.1) is 4.92 Å². The molecule has 134 valence electrons. The number of amides is 1. The monoisotopic (exact) mass is 351 g/mol. The Bertz CT molecular complexity index is 918. The molecule has 1 aromatic heterocycles. The number of nitro benzene ring substituents is 1. The molecule has 1 heterocycles. The zero-order valence-electron chi connectivity index (χ0n) is 14.6. The Morgan fingerprint density at radius 1 is 1.19 bits per heavy atom. The summed E-state index contributed by atoms with van der Waals surface area (Å²) in [6.07, 6.45) is 2.65. The van der Waals surface area contributed by atoms with Gasteiger partial charge in [0.25, 0.3) is 5.69 Å². The highest BCUT2D eigenvalue weighted by Crippen LogP contribution is 2.22. The average molecular weight is 351 g/mol. The first-order chi connectivity index (χ1) is 12.5. The van der Waals surface area contributed by atoms with Gasteiger partial charge in [-0.2, -0.15) is 0 Å². The fourth-order valence-corrected chi connectivity index (χ4v) is 3.03. The van der Waals surface area contributed by atoms with Crippen molar-refractivity contribution in [2.75, 3.05) is 6.54 Å². The summed E-state index contributed by atoms with van der Waals surface area (Å²) in [6, 6.07) is 16.7. The van der Waals surface area contributed by atoms with Gasteiger partial charge in [-0.25, -0.2) is 0 Å². The lowest BCUT2D eigenvalue weighted by molar-refractivity contribution is -0.384. The molecular weight excluding hydrogens is 330 g/mol. The van der Waals surface area contributed by atoms with Crippen LogP contribution < -0.4 is 5.32 Å². The van der Waals surface area contributed by atoms with E-state index in [1.54, 1.807) is 22.9 Å². The normalized spacial score (nSPS) is 12.0. The molecule has 0 bridgehead atoms. The third kappa shape index (κ3) is 4.08. The molecule has 26 heavy (non-hydrogen) atoms. The predicted molar refractivity (Wildman–Crippen MR) is 101 cm³/mol. The second kappa shape index (κ2) is 7.82. The summed E-state index contributed by atoms with van der Waals surface area (Å²) < 4.78 is 1.80. The number of non-ortho nitro benzene ring substituents is 1. The summed E-state index contributed by atoms with van der Waals surface area (Å²) in [5, 5.41) is 14.5. The first-order valence-electron chi connectivity index (χ1n) is 8.59. The molecule has 0 radical (unpaired) electrons. The topological polar surface area (TPSA) is 77.2 Å².